The normalized spacial score (nSPS) is 10.6. The molecular weight excluding hydrogens is 398 g/mol. The molecule has 0 spiro atoms. The minimum atomic E-state index is -0.188. The zero-order valence-electron chi connectivity index (χ0n) is 16.2. The lowest BCUT2D eigenvalue weighted by molar-refractivity contribution is 0.102. The fraction of sp³-hybridized carbons (Fsp3) is 0.0909. The Balaban J connectivity index is 1.40. The van der Waals surface area contributed by atoms with Gasteiger partial charge < -0.3 is 10.1 Å². The quantitative estimate of drug-likeness (QED) is 0.454. The van der Waals surface area contributed by atoms with Crippen LogP contribution in [0.4, 0.5) is 5.69 Å². The summed E-state index contributed by atoms with van der Waals surface area (Å²) in [6.07, 6.45) is 0. The Morgan fingerprint density at radius 2 is 1.73 bits per heavy atom. The minimum absolute atomic E-state index is 0.188. The summed E-state index contributed by atoms with van der Waals surface area (Å²) in [7, 11) is 1.57. The first-order valence-corrected chi connectivity index (χ1v) is 10.2. The Bertz CT molecular complexity index is 1130. The monoisotopic (exact) mass is 417 g/mol. The van der Waals surface area contributed by atoms with Crippen molar-refractivity contribution >= 4 is 23.4 Å². The average Bonchev–Trinajstić information content (AvgIpc) is 3.27. The maximum absolute atomic E-state index is 12.5. The van der Waals surface area contributed by atoms with Gasteiger partial charge in [-0.15, -0.1) is 5.10 Å². The molecule has 1 aromatic heterocycles. The van der Waals surface area contributed by atoms with Gasteiger partial charge in [-0.3, -0.25) is 4.79 Å². The van der Waals surface area contributed by atoms with Crippen LogP contribution in [-0.2, 0) is 5.75 Å². The van der Waals surface area contributed by atoms with Gasteiger partial charge in [-0.05, 0) is 52.4 Å². The summed E-state index contributed by atoms with van der Waals surface area (Å²) < 4.78 is 6.98. The third-order valence-corrected chi connectivity index (χ3v) is 5.37. The number of carbonyl (C=O) groups excluding carboxylic acids is 1. The number of ether oxygens (including phenoxy) is 1. The number of nitrogens with zero attached hydrogens (tertiary/aromatic N) is 4. The van der Waals surface area contributed by atoms with Gasteiger partial charge in [0.15, 0.2) is 0 Å². The highest BCUT2D eigenvalue weighted by molar-refractivity contribution is 7.98. The lowest BCUT2D eigenvalue weighted by Crippen LogP contribution is -2.12. The molecule has 0 aliphatic rings. The van der Waals surface area contributed by atoms with E-state index in [1.165, 1.54) is 11.8 Å². The van der Waals surface area contributed by atoms with E-state index in [-0.39, 0.29) is 5.91 Å². The molecular formula is C22H19N5O2S. The van der Waals surface area contributed by atoms with Crippen molar-refractivity contribution < 1.29 is 9.53 Å². The summed E-state index contributed by atoms with van der Waals surface area (Å²) in [6.45, 7) is 0. The van der Waals surface area contributed by atoms with Gasteiger partial charge in [-0.25, -0.2) is 0 Å². The van der Waals surface area contributed by atoms with E-state index in [1.54, 1.807) is 36.1 Å². The molecule has 150 valence electrons. The number of carbonyl (C=O) groups is 1. The van der Waals surface area contributed by atoms with Crippen LogP contribution in [0.15, 0.2) is 84.0 Å². The van der Waals surface area contributed by atoms with Gasteiger partial charge in [0.05, 0.1) is 18.5 Å². The smallest absolute Gasteiger partial charge is 0.255 e. The van der Waals surface area contributed by atoms with Crippen molar-refractivity contribution in [3.05, 3.63) is 90.0 Å². The zero-order valence-corrected chi connectivity index (χ0v) is 17.0. The van der Waals surface area contributed by atoms with Crippen LogP contribution < -0.4 is 10.1 Å². The highest BCUT2D eigenvalue weighted by atomic mass is 32.2. The summed E-state index contributed by atoms with van der Waals surface area (Å²) in [5.41, 5.74) is 3.19. The van der Waals surface area contributed by atoms with E-state index >= 15 is 0 Å². The second kappa shape index (κ2) is 9.23. The van der Waals surface area contributed by atoms with Crippen molar-refractivity contribution in [2.24, 2.45) is 0 Å². The number of hydrogen-bond acceptors (Lipinski definition) is 6. The number of para-hydroxylation sites is 3. The predicted molar refractivity (Wildman–Crippen MR) is 116 cm³/mol. The van der Waals surface area contributed by atoms with Gasteiger partial charge in [0, 0.05) is 11.3 Å². The molecule has 3 aromatic carbocycles. The molecule has 8 heteroatoms. The van der Waals surface area contributed by atoms with Crippen LogP contribution in [0.25, 0.3) is 5.69 Å². The Morgan fingerprint density at radius 3 is 2.50 bits per heavy atom. The topological polar surface area (TPSA) is 81.9 Å². The molecule has 0 aliphatic heterocycles. The van der Waals surface area contributed by atoms with E-state index in [0.717, 1.165) is 11.3 Å². The molecule has 0 unspecified atom stereocenters. The van der Waals surface area contributed by atoms with Crippen LogP contribution >= 0.6 is 11.8 Å². The summed E-state index contributed by atoms with van der Waals surface area (Å²) in [6, 6.07) is 24.5. The van der Waals surface area contributed by atoms with E-state index in [2.05, 4.69) is 20.8 Å². The van der Waals surface area contributed by atoms with E-state index in [1.807, 2.05) is 54.6 Å². The Kier molecular flexibility index (Phi) is 6.05. The molecule has 0 saturated carbocycles. The Morgan fingerprint density at radius 1 is 1.00 bits per heavy atom. The molecule has 0 aliphatic carbocycles. The highest BCUT2D eigenvalue weighted by Crippen LogP contribution is 2.25. The number of rotatable bonds is 7. The van der Waals surface area contributed by atoms with Crippen molar-refractivity contribution in [2.75, 3.05) is 12.4 Å². The number of nitrogens with one attached hydrogen (secondary N) is 1. The van der Waals surface area contributed by atoms with Crippen molar-refractivity contribution in [1.29, 1.82) is 0 Å². The third-order valence-electron chi connectivity index (χ3n) is 4.38. The number of thioether (sulfide) groups is 1. The number of amides is 1. The van der Waals surface area contributed by atoms with Crippen LogP contribution in [-0.4, -0.2) is 33.2 Å². The molecule has 7 nitrogen and oxygen atoms in total. The van der Waals surface area contributed by atoms with Crippen LogP contribution in [0.5, 0.6) is 5.75 Å². The van der Waals surface area contributed by atoms with Gasteiger partial charge in [-0.1, -0.05) is 54.2 Å². The predicted octanol–water partition coefficient (Wildman–Crippen LogP) is 4.22. The number of hydrogen-bond donors (Lipinski definition) is 1. The molecule has 0 atom stereocenters. The average molecular weight is 417 g/mol. The highest BCUT2D eigenvalue weighted by Gasteiger charge is 2.11. The van der Waals surface area contributed by atoms with Crippen LogP contribution in [0.3, 0.4) is 0 Å². The molecule has 1 heterocycles. The van der Waals surface area contributed by atoms with Crippen molar-refractivity contribution in [1.82, 2.24) is 20.2 Å². The number of tetrazole rings is 1. The molecule has 4 aromatic rings. The lowest BCUT2D eigenvalue weighted by atomic mass is 10.1. The van der Waals surface area contributed by atoms with Crippen LogP contribution in [0, 0.1) is 0 Å². The fourth-order valence-corrected chi connectivity index (χ4v) is 3.69. The first-order chi connectivity index (χ1) is 14.7. The van der Waals surface area contributed by atoms with Crippen LogP contribution in [0.1, 0.15) is 15.9 Å². The summed E-state index contributed by atoms with van der Waals surface area (Å²) in [5.74, 6) is 1.11. The van der Waals surface area contributed by atoms with Gasteiger partial charge in [-0.2, -0.15) is 4.68 Å². The SMILES string of the molecule is COc1ccccc1NC(=O)c1ccc(CSc2nnnn2-c2ccccc2)cc1. The Labute approximate surface area is 178 Å². The molecule has 0 bridgehead atoms. The van der Waals surface area contributed by atoms with Crippen molar-refractivity contribution in [3.8, 4) is 11.4 Å². The van der Waals surface area contributed by atoms with Crippen molar-refractivity contribution in [3.63, 3.8) is 0 Å². The molecule has 1 N–H and O–H groups in total. The summed E-state index contributed by atoms with van der Waals surface area (Å²) >= 11 is 1.53. The molecule has 4 rings (SSSR count). The van der Waals surface area contributed by atoms with E-state index in [4.69, 9.17) is 4.74 Å². The van der Waals surface area contributed by atoms with E-state index in [9.17, 15) is 4.79 Å². The molecule has 0 radical (unpaired) electrons. The first kappa shape index (κ1) is 19.7. The molecule has 1 amide bonds. The second-order valence-electron chi connectivity index (χ2n) is 6.35. The standard InChI is InChI=1S/C22H19N5O2S/c1-29-20-10-6-5-9-19(20)23-21(28)17-13-11-16(12-14-17)15-30-22-24-25-26-27(22)18-7-3-2-4-8-18/h2-14H,15H2,1H3,(H,23,28). The fourth-order valence-electron chi connectivity index (χ4n) is 2.84. The van der Waals surface area contributed by atoms with E-state index < -0.39 is 0 Å². The van der Waals surface area contributed by atoms with Gasteiger partial charge >= 0.3 is 0 Å². The van der Waals surface area contributed by atoms with Crippen molar-refractivity contribution in [2.45, 2.75) is 10.9 Å². The summed E-state index contributed by atoms with van der Waals surface area (Å²) in [4.78, 5) is 12.5. The molecule has 0 saturated heterocycles. The van der Waals surface area contributed by atoms with Gasteiger partial charge in [0.1, 0.15) is 5.75 Å². The maximum Gasteiger partial charge on any atom is 0.255 e. The number of aromatic nitrogens is 4. The zero-order chi connectivity index (χ0) is 20.8. The number of benzene rings is 3. The minimum Gasteiger partial charge on any atom is -0.495 e. The van der Waals surface area contributed by atoms with Crippen LogP contribution in [0.2, 0.25) is 0 Å². The lowest BCUT2D eigenvalue weighted by Gasteiger charge is -2.10. The van der Waals surface area contributed by atoms with Gasteiger partial charge in [0.2, 0.25) is 5.16 Å². The van der Waals surface area contributed by atoms with E-state index in [0.29, 0.717) is 27.9 Å². The maximum atomic E-state index is 12.5. The largest absolute Gasteiger partial charge is 0.495 e. The summed E-state index contributed by atoms with van der Waals surface area (Å²) in [5, 5.41) is 15.5. The molecule has 30 heavy (non-hydrogen) atoms. The third kappa shape index (κ3) is 4.49. The van der Waals surface area contributed by atoms with Gasteiger partial charge in [0.25, 0.3) is 5.91 Å². The molecule has 0 fully saturated rings. The number of methoxy groups -OCH3 is 1. The number of anilines is 1. The second-order valence-corrected chi connectivity index (χ2v) is 7.29. The Hall–Kier alpha value is -3.65. The first-order valence-electron chi connectivity index (χ1n) is 9.24.